The van der Waals surface area contributed by atoms with E-state index < -0.39 is 66.4 Å². The van der Waals surface area contributed by atoms with Gasteiger partial charge in [0.1, 0.15) is 88.2 Å². The fraction of sp³-hybridized carbons (Fsp3) is 0.333. The van der Waals surface area contributed by atoms with Crippen LogP contribution in [-0.2, 0) is 29.5 Å². The Bertz CT molecular complexity index is 4270. The van der Waals surface area contributed by atoms with Gasteiger partial charge in [-0.3, -0.25) is 0 Å². The van der Waals surface area contributed by atoms with Crippen molar-refractivity contribution in [2.45, 2.75) is 93.1 Å². The maximum Gasteiger partial charge on any atom is 0.425 e. The average molecular weight is 1460 g/mol. The lowest BCUT2D eigenvalue weighted by Gasteiger charge is -2.21. The minimum Gasteiger partial charge on any atom is -0.497 e. The van der Waals surface area contributed by atoms with Crippen molar-refractivity contribution in [3.05, 3.63) is 110 Å². The Labute approximate surface area is 562 Å². The van der Waals surface area contributed by atoms with E-state index in [0.717, 1.165) is 20.8 Å². The molecule has 0 aliphatic rings. The van der Waals surface area contributed by atoms with E-state index in [1.165, 1.54) is 137 Å². The fourth-order valence-electron chi connectivity index (χ4n) is 8.87. The Balaban J connectivity index is 0.000000209. The molecular weight excluding hydrogens is 1390 g/mol. The van der Waals surface area contributed by atoms with Crippen LogP contribution < -0.4 is 58.6 Å². The Kier molecular flexibility index (Phi) is 24.2. The standard InChI is InChI=1S/3C21H22F3N3O5S/c3*1-5-33(28,29)14-6-7-17(32-12(2)21(22,23)24)15(10-14)27-20-19-16(25-11-26-20)8-13(30-3)9-18(19)31-4/h3*6-12H,5H2,1-4H3,(H,25,26,27). The minimum absolute atomic E-state index is 0.0153. The molecule has 0 radical (unpaired) electrons. The number of anilines is 6. The lowest BCUT2D eigenvalue weighted by molar-refractivity contribution is -0.189. The van der Waals surface area contributed by atoms with Crippen LogP contribution in [-0.4, -0.2) is 152 Å². The SMILES string of the molecule is CCS(=O)(=O)c1ccc(OC(C)C(F)(F)F)c(Nc2ncnc3cc(OC)cc(OC)c23)c1.CCS(=O)(=O)c1ccc(OC(C)C(F)(F)F)c(Nc2ncnc3cc(OC)cc(OC)c23)c1.CCS(=O)(=O)c1ccc(OC(C)C(F)(F)F)c(Nc2ncnc3cc(OC)cc(OC)c23)c1. The number of aromatic nitrogens is 6. The first kappa shape index (κ1) is 76.5. The molecule has 9 rings (SSSR count). The number of hydrogen-bond acceptors (Lipinski definition) is 24. The van der Waals surface area contributed by atoms with Gasteiger partial charge in [0.15, 0.2) is 47.8 Å². The van der Waals surface area contributed by atoms with Crippen molar-refractivity contribution in [1.82, 2.24) is 29.9 Å². The van der Waals surface area contributed by atoms with Gasteiger partial charge in [-0.05, 0) is 75.4 Å². The predicted molar refractivity (Wildman–Crippen MR) is 349 cm³/mol. The van der Waals surface area contributed by atoms with Crippen LogP contribution in [0.4, 0.5) is 74.0 Å². The van der Waals surface area contributed by atoms with E-state index in [4.69, 9.17) is 42.6 Å². The van der Waals surface area contributed by atoms with Crippen molar-refractivity contribution in [3.63, 3.8) is 0 Å². The van der Waals surface area contributed by atoms with Gasteiger partial charge in [-0.2, -0.15) is 39.5 Å². The van der Waals surface area contributed by atoms with E-state index in [2.05, 4.69) is 45.9 Å². The van der Waals surface area contributed by atoms with E-state index in [1.54, 1.807) is 36.4 Å². The van der Waals surface area contributed by atoms with E-state index in [0.29, 0.717) is 67.2 Å². The van der Waals surface area contributed by atoms with Crippen LogP contribution in [0.2, 0.25) is 0 Å². The summed E-state index contributed by atoms with van der Waals surface area (Å²) in [7, 11) is -2.20. The van der Waals surface area contributed by atoms with E-state index in [-0.39, 0.29) is 83.7 Å². The van der Waals surface area contributed by atoms with Crippen molar-refractivity contribution >= 4 is 96.7 Å². The highest BCUT2D eigenvalue weighted by molar-refractivity contribution is 7.92. The molecule has 24 nitrogen and oxygen atoms in total. The highest BCUT2D eigenvalue weighted by Gasteiger charge is 2.41. The van der Waals surface area contributed by atoms with Crippen LogP contribution in [0, 0.1) is 0 Å². The molecule has 0 bridgehead atoms. The Morgan fingerprint density at radius 3 is 0.798 bits per heavy atom. The topological polar surface area (TPSA) is 299 Å². The molecule has 36 heteroatoms. The third-order valence-corrected chi connectivity index (χ3v) is 19.7. The van der Waals surface area contributed by atoms with Gasteiger partial charge >= 0.3 is 18.5 Å². The predicted octanol–water partition coefficient (Wildman–Crippen LogP) is 13.5. The van der Waals surface area contributed by atoms with E-state index >= 15 is 0 Å². The van der Waals surface area contributed by atoms with Crippen molar-refractivity contribution in [3.8, 4) is 51.7 Å². The zero-order valence-electron chi connectivity index (χ0n) is 54.7. The second-order valence-electron chi connectivity index (χ2n) is 20.8. The highest BCUT2D eigenvalue weighted by Crippen LogP contribution is 2.43. The lowest BCUT2D eigenvalue weighted by Crippen LogP contribution is -2.31. The summed E-state index contributed by atoms with van der Waals surface area (Å²) >= 11 is 0. The molecule has 3 unspecified atom stereocenters. The monoisotopic (exact) mass is 1460 g/mol. The summed E-state index contributed by atoms with van der Waals surface area (Å²) < 4.78 is 239. The number of hydrogen-bond donors (Lipinski definition) is 3. The van der Waals surface area contributed by atoms with Gasteiger partial charge in [-0.15, -0.1) is 0 Å². The molecule has 0 aliphatic carbocycles. The summed E-state index contributed by atoms with van der Waals surface area (Å²) in [5, 5.41) is 9.93. The fourth-order valence-corrected chi connectivity index (χ4v) is 11.6. The summed E-state index contributed by atoms with van der Waals surface area (Å²) in [4.78, 5) is 24.9. The number of alkyl halides is 9. The summed E-state index contributed by atoms with van der Waals surface area (Å²) in [5.41, 5.74) is 1.27. The number of fused-ring (bicyclic) bond motifs is 3. The molecule has 0 saturated heterocycles. The zero-order chi connectivity index (χ0) is 73.2. The van der Waals surface area contributed by atoms with E-state index in [9.17, 15) is 64.8 Å². The van der Waals surface area contributed by atoms with Gasteiger partial charge < -0.3 is 58.6 Å². The first-order chi connectivity index (χ1) is 46.5. The maximum atomic E-state index is 13.1. The maximum absolute atomic E-state index is 13.1. The van der Waals surface area contributed by atoms with Crippen LogP contribution in [0.5, 0.6) is 51.7 Å². The van der Waals surface area contributed by atoms with Crippen molar-refractivity contribution < 1.29 is 107 Å². The molecule has 3 N–H and O–H groups in total. The van der Waals surface area contributed by atoms with E-state index in [1.807, 2.05) is 0 Å². The van der Waals surface area contributed by atoms with Gasteiger partial charge in [0, 0.05) is 36.4 Å². The minimum atomic E-state index is -4.62. The number of halogens is 9. The van der Waals surface area contributed by atoms with Crippen molar-refractivity contribution in [2.24, 2.45) is 0 Å². The van der Waals surface area contributed by atoms with Crippen molar-refractivity contribution in [1.29, 1.82) is 0 Å². The van der Waals surface area contributed by atoms with Gasteiger partial charge in [0.25, 0.3) is 0 Å². The summed E-state index contributed by atoms with van der Waals surface area (Å²) in [6.07, 6.45) is -16.5. The molecule has 0 saturated carbocycles. The third-order valence-electron chi connectivity index (χ3n) is 14.5. The van der Waals surface area contributed by atoms with Gasteiger partial charge in [0.05, 0.1) is 124 Å². The van der Waals surface area contributed by atoms with Crippen molar-refractivity contribution in [2.75, 3.05) is 75.9 Å². The molecule has 534 valence electrons. The smallest absolute Gasteiger partial charge is 0.425 e. The second kappa shape index (κ2) is 31.4. The molecule has 0 spiro atoms. The average Bonchev–Trinajstić information content (AvgIpc) is 0.793. The highest BCUT2D eigenvalue weighted by atomic mass is 32.2. The van der Waals surface area contributed by atoms with Crippen LogP contribution in [0.1, 0.15) is 41.5 Å². The zero-order valence-corrected chi connectivity index (χ0v) is 57.1. The number of nitrogens with zero attached hydrogens (tertiary/aromatic N) is 6. The first-order valence-electron chi connectivity index (χ1n) is 29.2. The lowest BCUT2D eigenvalue weighted by atomic mass is 10.2. The van der Waals surface area contributed by atoms with Gasteiger partial charge in [-0.1, -0.05) is 20.8 Å². The van der Waals surface area contributed by atoms with Crippen LogP contribution >= 0.6 is 0 Å². The molecule has 3 heterocycles. The van der Waals surface area contributed by atoms with Crippen LogP contribution in [0.15, 0.2) is 125 Å². The van der Waals surface area contributed by atoms with Gasteiger partial charge in [0.2, 0.25) is 0 Å². The molecule has 9 aromatic rings. The molecule has 99 heavy (non-hydrogen) atoms. The quantitative estimate of drug-likeness (QED) is 0.0473. The number of benzene rings is 6. The second-order valence-corrected chi connectivity index (χ2v) is 27.6. The number of nitrogens with one attached hydrogen (secondary N) is 3. The summed E-state index contributed by atoms with van der Waals surface area (Å²) in [5.74, 6) is 1.83. The molecule has 0 fully saturated rings. The molecule has 6 aromatic carbocycles. The largest absolute Gasteiger partial charge is 0.497 e. The Hall–Kier alpha value is -9.84. The molecule has 3 aromatic heterocycles. The Morgan fingerprint density at radius 1 is 0.354 bits per heavy atom. The molecule has 0 aliphatic heterocycles. The van der Waals surface area contributed by atoms with Crippen LogP contribution in [0.25, 0.3) is 32.7 Å². The number of rotatable bonds is 24. The Morgan fingerprint density at radius 2 is 0.596 bits per heavy atom. The normalized spacial score (nSPS) is 12.9. The number of sulfone groups is 3. The van der Waals surface area contributed by atoms with Crippen LogP contribution in [0.3, 0.4) is 0 Å². The first-order valence-corrected chi connectivity index (χ1v) is 34.2. The summed E-state index contributed by atoms with van der Waals surface area (Å²) in [6.45, 7) is 6.97. The third kappa shape index (κ3) is 18.5. The number of methoxy groups -OCH3 is 6. The number of ether oxygens (including phenoxy) is 9. The summed E-state index contributed by atoms with van der Waals surface area (Å²) in [6, 6.07) is 20.4. The molecule has 3 atom stereocenters. The molecule has 0 amide bonds. The van der Waals surface area contributed by atoms with Gasteiger partial charge in [-0.25, -0.2) is 55.2 Å². The molecular formula is C63H66F9N9O15S3.